The van der Waals surface area contributed by atoms with E-state index in [4.69, 9.17) is 0 Å². The Balaban J connectivity index is 1.70. The Hall–Kier alpha value is -3.00. The monoisotopic (exact) mass is 342 g/mol. The zero-order chi connectivity index (χ0) is 18.2. The van der Waals surface area contributed by atoms with E-state index in [9.17, 15) is 0 Å². The van der Waals surface area contributed by atoms with Crippen molar-refractivity contribution in [2.75, 3.05) is 0 Å². The molecule has 2 nitrogen and oxygen atoms in total. The molecule has 26 heavy (non-hydrogen) atoms. The molecule has 0 saturated heterocycles. The van der Waals surface area contributed by atoms with Gasteiger partial charge in [0.25, 0.3) is 0 Å². The zero-order valence-electron chi connectivity index (χ0n) is 15.5. The van der Waals surface area contributed by atoms with E-state index < -0.39 is 0 Å². The molecule has 0 aliphatic rings. The molecule has 2 aromatic heterocycles. The maximum absolute atomic E-state index is 2.21. The van der Waals surface area contributed by atoms with Crippen molar-refractivity contribution in [1.82, 2.24) is 0 Å². The highest BCUT2D eigenvalue weighted by Gasteiger charge is 1.97. The second-order valence-corrected chi connectivity index (χ2v) is 6.26. The van der Waals surface area contributed by atoms with Crippen molar-refractivity contribution in [3.05, 3.63) is 95.6 Å². The topological polar surface area (TPSA) is 7.76 Å². The highest BCUT2D eigenvalue weighted by atomic mass is 14.9. The molecular formula is C24H26N2+2. The van der Waals surface area contributed by atoms with Gasteiger partial charge in [-0.3, -0.25) is 0 Å². The van der Waals surface area contributed by atoms with Gasteiger partial charge in [-0.1, -0.05) is 42.5 Å². The lowest BCUT2D eigenvalue weighted by Gasteiger charge is -1.98. The molecule has 0 aliphatic heterocycles. The van der Waals surface area contributed by atoms with Crippen molar-refractivity contribution in [2.45, 2.75) is 26.9 Å². The Labute approximate surface area is 156 Å². The second-order valence-electron chi connectivity index (χ2n) is 6.26. The van der Waals surface area contributed by atoms with E-state index in [1.54, 1.807) is 0 Å². The summed E-state index contributed by atoms with van der Waals surface area (Å²) in [5.41, 5.74) is 4.83. The van der Waals surface area contributed by atoms with Gasteiger partial charge < -0.3 is 0 Å². The van der Waals surface area contributed by atoms with Gasteiger partial charge in [-0.2, -0.15) is 0 Å². The summed E-state index contributed by atoms with van der Waals surface area (Å²) in [5, 5.41) is 0. The first kappa shape index (κ1) is 17.8. The molecule has 3 rings (SSSR count). The molecule has 0 N–H and O–H groups in total. The predicted octanol–water partition coefficient (Wildman–Crippen LogP) is 4.64. The molecule has 130 valence electrons. The summed E-state index contributed by atoms with van der Waals surface area (Å²) >= 11 is 0. The van der Waals surface area contributed by atoms with E-state index in [-0.39, 0.29) is 0 Å². The Kier molecular flexibility index (Phi) is 6.10. The molecule has 0 aliphatic carbocycles. The predicted molar refractivity (Wildman–Crippen MR) is 109 cm³/mol. The number of nitrogens with zero attached hydrogens (tertiary/aromatic N) is 2. The van der Waals surface area contributed by atoms with Crippen molar-refractivity contribution in [3.8, 4) is 0 Å². The molecule has 0 atom stereocenters. The van der Waals surface area contributed by atoms with Gasteiger partial charge in [0.15, 0.2) is 24.8 Å². The molecule has 2 heterocycles. The number of hydrogen-bond acceptors (Lipinski definition) is 0. The number of aryl methyl sites for hydroxylation is 2. The van der Waals surface area contributed by atoms with Crippen LogP contribution >= 0.6 is 0 Å². The Bertz CT molecular complexity index is 816. The lowest BCUT2D eigenvalue weighted by atomic mass is 10.1. The third-order valence-corrected chi connectivity index (χ3v) is 4.41. The van der Waals surface area contributed by atoms with Gasteiger partial charge >= 0.3 is 0 Å². The fraction of sp³-hybridized carbons (Fsp3) is 0.167. The summed E-state index contributed by atoms with van der Waals surface area (Å²) in [6.07, 6.45) is 17.1. The van der Waals surface area contributed by atoms with E-state index >= 15 is 0 Å². The number of hydrogen-bond donors (Lipinski definition) is 0. The molecule has 3 aromatic rings. The van der Waals surface area contributed by atoms with Gasteiger partial charge in [0.1, 0.15) is 13.1 Å². The van der Waals surface area contributed by atoms with Gasteiger partial charge in [0.05, 0.1) is 0 Å². The first-order valence-corrected chi connectivity index (χ1v) is 9.21. The first-order valence-electron chi connectivity index (χ1n) is 9.21. The summed E-state index contributed by atoms with van der Waals surface area (Å²) in [4.78, 5) is 0. The van der Waals surface area contributed by atoms with Crippen molar-refractivity contribution in [1.29, 1.82) is 0 Å². The van der Waals surface area contributed by atoms with Crippen LogP contribution in [0.1, 0.15) is 36.1 Å². The maximum atomic E-state index is 2.21. The molecule has 1 aromatic carbocycles. The maximum Gasteiger partial charge on any atom is 0.169 e. The van der Waals surface area contributed by atoms with Gasteiger partial charge in [0, 0.05) is 24.3 Å². The van der Waals surface area contributed by atoms with Crippen LogP contribution in [0.5, 0.6) is 0 Å². The van der Waals surface area contributed by atoms with Crippen LogP contribution in [0.3, 0.4) is 0 Å². The Morgan fingerprint density at radius 3 is 1.35 bits per heavy atom. The number of pyridine rings is 2. The van der Waals surface area contributed by atoms with Crippen LogP contribution in [0.15, 0.2) is 73.3 Å². The third kappa shape index (κ3) is 5.00. The molecule has 0 unspecified atom stereocenters. The second kappa shape index (κ2) is 8.91. The lowest BCUT2D eigenvalue weighted by molar-refractivity contribution is -0.693. The van der Waals surface area contributed by atoms with Crippen LogP contribution in [0.4, 0.5) is 0 Å². The minimum atomic E-state index is 0.998. The molecule has 0 fully saturated rings. The molecular weight excluding hydrogens is 316 g/mol. The van der Waals surface area contributed by atoms with Crippen LogP contribution in [-0.2, 0) is 13.1 Å². The number of benzene rings is 1. The van der Waals surface area contributed by atoms with Crippen molar-refractivity contribution in [2.24, 2.45) is 0 Å². The van der Waals surface area contributed by atoms with Gasteiger partial charge in [0.2, 0.25) is 0 Å². The minimum Gasteiger partial charge on any atom is -0.205 e. The van der Waals surface area contributed by atoms with Crippen LogP contribution in [0.25, 0.3) is 24.3 Å². The molecule has 2 heteroatoms. The standard InChI is InChI=1S/C24H26N2/c1-3-25-16-12-21(13-17-25)8-10-23-6-5-7-24(20-23)11-9-22-14-18-26(4-2)19-15-22/h5-20H,3-4H2,1-2H3/q+2. The highest BCUT2D eigenvalue weighted by molar-refractivity contribution is 5.73. The van der Waals surface area contributed by atoms with E-state index in [0.29, 0.717) is 0 Å². The fourth-order valence-corrected chi connectivity index (χ4v) is 2.73. The summed E-state index contributed by atoms with van der Waals surface area (Å²) < 4.78 is 4.32. The van der Waals surface area contributed by atoms with Gasteiger partial charge in [-0.15, -0.1) is 0 Å². The van der Waals surface area contributed by atoms with Crippen molar-refractivity contribution in [3.63, 3.8) is 0 Å². The van der Waals surface area contributed by atoms with Crippen LogP contribution < -0.4 is 9.13 Å². The first-order chi connectivity index (χ1) is 12.8. The van der Waals surface area contributed by atoms with Crippen LogP contribution in [-0.4, -0.2) is 0 Å². The summed E-state index contributed by atoms with van der Waals surface area (Å²) in [6, 6.07) is 17.1. The Morgan fingerprint density at radius 2 is 0.962 bits per heavy atom. The van der Waals surface area contributed by atoms with Crippen LogP contribution in [0, 0.1) is 0 Å². The minimum absolute atomic E-state index is 0.998. The van der Waals surface area contributed by atoms with Gasteiger partial charge in [-0.25, -0.2) is 9.13 Å². The lowest BCUT2D eigenvalue weighted by Crippen LogP contribution is -2.30. The molecule has 0 amide bonds. The van der Waals surface area contributed by atoms with Crippen molar-refractivity contribution >= 4 is 24.3 Å². The summed E-state index contributed by atoms with van der Waals surface area (Å²) in [6.45, 7) is 6.29. The largest absolute Gasteiger partial charge is 0.205 e. The summed E-state index contributed by atoms with van der Waals surface area (Å²) in [7, 11) is 0. The Morgan fingerprint density at radius 1 is 0.577 bits per heavy atom. The average molecular weight is 342 g/mol. The van der Waals surface area contributed by atoms with Gasteiger partial charge in [-0.05, 0) is 42.2 Å². The molecule has 0 spiro atoms. The van der Waals surface area contributed by atoms with E-state index in [1.807, 2.05) is 0 Å². The van der Waals surface area contributed by atoms with E-state index in [0.717, 1.165) is 13.1 Å². The normalized spacial score (nSPS) is 11.5. The quantitative estimate of drug-likeness (QED) is 0.577. The molecule has 0 radical (unpaired) electrons. The SMILES string of the molecule is CC[n+]1ccc(C=Cc2cccc(C=Cc3cc[n+](CC)cc3)c2)cc1. The van der Waals surface area contributed by atoms with Crippen molar-refractivity contribution < 1.29 is 9.13 Å². The van der Waals surface area contributed by atoms with Crippen LogP contribution in [0.2, 0.25) is 0 Å². The third-order valence-electron chi connectivity index (χ3n) is 4.41. The molecule has 0 saturated carbocycles. The van der Waals surface area contributed by atoms with E-state index in [1.165, 1.54) is 22.3 Å². The summed E-state index contributed by atoms with van der Waals surface area (Å²) in [5.74, 6) is 0. The number of aromatic nitrogens is 2. The fourth-order valence-electron chi connectivity index (χ4n) is 2.73. The highest BCUT2D eigenvalue weighted by Crippen LogP contribution is 2.12. The molecule has 0 bridgehead atoms. The number of rotatable bonds is 6. The average Bonchev–Trinajstić information content (AvgIpc) is 2.72. The van der Waals surface area contributed by atoms with E-state index in [2.05, 4.69) is 121 Å². The smallest absolute Gasteiger partial charge is 0.169 e. The zero-order valence-corrected chi connectivity index (χ0v) is 15.5.